The highest BCUT2D eigenvalue weighted by atomic mass is 32.2. The van der Waals surface area contributed by atoms with Gasteiger partial charge in [-0.25, -0.2) is 0 Å². The van der Waals surface area contributed by atoms with Gasteiger partial charge in [-0.05, 0) is 6.26 Å². The van der Waals surface area contributed by atoms with Crippen LogP contribution in [0.1, 0.15) is 6.92 Å². The first-order valence-corrected chi connectivity index (χ1v) is 5.67. The maximum absolute atomic E-state index is 2.22. The summed E-state index contributed by atoms with van der Waals surface area (Å²) in [5.41, 5.74) is 1.40. The molecule has 0 saturated heterocycles. The van der Waals surface area contributed by atoms with E-state index in [1.165, 1.54) is 10.7 Å². The maximum atomic E-state index is 2.22. The Morgan fingerprint density at radius 3 is 2.45 bits per heavy atom. The second-order valence-corrected chi connectivity index (χ2v) is 4.58. The van der Waals surface area contributed by atoms with E-state index in [1.807, 2.05) is 11.8 Å². The molecule has 0 amide bonds. The van der Waals surface area contributed by atoms with Crippen molar-refractivity contribution in [2.24, 2.45) is 0 Å². The van der Waals surface area contributed by atoms with Gasteiger partial charge in [-0.15, -0.1) is 0 Å². The Bertz CT molecular complexity index is 216. The summed E-state index contributed by atoms with van der Waals surface area (Å²) in [4.78, 5) is 0. The summed E-state index contributed by atoms with van der Waals surface area (Å²) in [7, 11) is 4.43. The fourth-order valence-corrected chi connectivity index (χ4v) is 2.96. The third-order valence-corrected chi connectivity index (χ3v) is 4.03. The van der Waals surface area contributed by atoms with Gasteiger partial charge in [0.1, 0.15) is 5.70 Å². The van der Waals surface area contributed by atoms with Gasteiger partial charge in [0.15, 0.2) is 5.03 Å². The predicted molar refractivity (Wildman–Crippen MR) is 55.1 cm³/mol. The molecule has 0 radical (unpaired) electrons. The lowest BCUT2D eigenvalue weighted by Crippen LogP contribution is -2.35. The van der Waals surface area contributed by atoms with E-state index in [2.05, 4.69) is 38.1 Å². The van der Waals surface area contributed by atoms with Gasteiger partial charge in [0, 0.05) is 17.7 Å². The molecular formula is C8H14NS2+. The van der Waals surface area contributed by atoms with Crippen LogP contribution in [0.4, 0.5) is 0 Å². The van der Waals surface area contributed by atoms with E-state index >= 15 is 0 Å². The average molecular weight is 188 g/mol. The highest BCUT2D eigenvalue weighted by molar-refractivity contribution is 8.07. The molecule has 1 heterocycles. The van der Waals surface area contributed by atoms with E-state index in [0.29, 0.717) is 0 Å². The van der Waals surface area contributed by atoms with E-state index in [1.54, 1.807) is 11.8 Å². The summed E-state index contributed by atoms with van der Waals surface area (Å²) < 4.78 is 0.911. The molecule has 3 heteroatoms. The molecule has 11 heavy (non-hydrogen) atoms. The van der Waals surface area contributed by atoms with Crippen LogP contribution in [-0.2, 0) is 0 Å². The molecule has 0 N–H and O–H groups in total. The van der Waals surface area contributed by atoms with Gasteiger partial charge < -0.3 is 0 Å². The predicted octanol–water partition coefficient (Wildman–Crippen LogP) is 2.83. The molecule has 0 aromatic carbocycles. The second kappa shape index (κ2) is 3.25. The van der Waals surface area contributed by atoms with Gasteiger partial charge in [0.25, 0.3) is 0 Å². The Kier molecular flexibility index (Phi) is 2.73. The number of thioether (sulfide) groups is 2. The number of rotatable bonds is 1. The minimum atomic E-state index is 0.911. The first-order valence-electron chi connectivity index (χ1n) is 3.50. The number of hydrogen-bond donors (Lipinski definition) is 0. The van der Waals surface area contributed by atoms with Crippen molar-refractivity contribution < 1.29 is 4.48 Å². The van der Waals surface area contributed by atoms with Crippen molar-refractivity contribution in [2.75, 3.05) is 20.4 Å². The number of nitrogens with zero attached hydrogens (tertiary/aromatic N) is 1. The Morgan fingerprint density at radius 2 is 2.00 bits per heavy atom. The van der Waals surface area contributed by atoms with Crippen LogP contribution in [-0.4, -0.2) is 24.8 Å². The lowest BCUT2D eigenvalue weighted by atomic mass is 10.4. The highest BCUT2D eigenvalue weighted by Gasteiger charge is 2.26. The fraction of sp³-hybridized carbons (Fsp3) is 0.500. The number of quaternary nitrogens is 1. The first-order chi connectivity index (χ1) is 5.09. The Morgan fingerprint density at radius 1 is 1.36 bits per heavy atom. The molecule has 0 atom stereocenters. The maximum Gasteiger partial charge on any atom is 0.178 e. The molecule has 1 nitrogen and oxygen atoms in total. The van der Waals surface area contributed by atoms with E-state index in [9.17, 15) is 0 Å². The topological polar surface area (TPSA) is 0 Å². The van der Waals surface area contributed by atoms with Gasteiger partial charge in [0.2, 0.25) is 0 Å². The van der Waals surface area contributed by atoms with Crippen molar-refractivity contribution in [2.45, 2.75) is 6.92 Å². The summed E-state index contributed by atoms with van der Waals surface area (Å²) in [6.45, 7) is 2.18. The second-order valence-electron chi connectivity index (χ2n) is 3.01. The van der Waals surface area contributed by atoms with Crippen LogP contribution in [0.3, 0.4) is 0 Å². The third-order valence-electron chi connectivity index (χ3n) is 2.05. The normalized spacial score (nSPS) is 22.5. The smallest absolute Gasteiger partial charge is 0.178 e. The standard InChI is InChI=1S/C8H14NS2/c1-7-5-11-6-8(10-4)9(7,2)3/h5-6H,1-4H3/q+1. The van der Waals surface area contributed by atoms with Crippen LogP contribution >= 0.6 is 23.5 Å². The van der Waals surface area contributed by atoms with Crippen molar-refractivity contribution in [1.82, 2.24) is 0 Å². The molecule has 1 aliphatic heterocycles. The zero-order valence-electron chi connectivity index (χ0n) is 7.42. The van der Waals surface area contributed by atoms with Crippen molar-refractivity contribution >= 4 is 23.5 Å². The molecule has 0 aromatic rings. The number of hydrogen-bond acceptors (Lipinski definition) is 2. The zero-order chi connectivity index (χ0) is 8.48. The Hall–Kier alpha value is 0.140. The van der Waals surface area contributed by atoms with Crippen molar-refractivity contribution in [3.63, 3.8) is 0 Å². The average Bonchev–Trinajstić information content (AvgIpc) is 1.95. The molecule has 1 rings (SSSR count). The molecule has 0 unspecified atom stereocenters. The van der Waals surface area contributed by atoms with Gasteiger partial charge in [-0.3, -0.25) is 4.48 Å². The molecular weight excluding hydrogens is 174 g/mol. The van der Waals surface area contributed by atoms with Crippen LogP contribution in [0.15, 0.2) is 21.5 Å². The Labute approximate surface area is 77.1 Å². The molecule has 0 spiro atoms. The molecule has 0 aromatic heterocycles. The third kappa shape index (κ3) is 1.66. The first kappa shape index (κ1) is 9.23. The van der Waals surface area contributed by atoms with Gasteiger partial charge in [-0.2, -0.15) is 0 Å². The van der Waals surface area contributed by atoms with Crippen LogP contribution in [0.25, 0.3) is 0 Å². The molecule has 0 saturated carbocycles. The van der Waals surface area contributed by atoms with Crippen LogP contribution < -0.4 is 0 Å². The summed E-state index contributed by atoms with van der Waals surface area (Å²) in [5, 5.41) is 5.84. The van der Waals surface area contributed by atoms with Gasteiger partial charge in [0.05, 0.1) is 14.1 Å². The SMILES string of the molecule is CSC1=CSC=C(C)[N+]1(C)C. The summed E-state index contributed by atoms with van der Waals surface area (Å²) in [5.74, 6) is 0. The molecule has 0 aliphatic carbocycles. The summed E-state index contributed by atoms with van der Waals surface area (Å²) >= 11 is 3.61. The lowest BCUT2D eigenvalue weighted by Gasteiger charge is -2.32. The fourth-order valence-electron chi connectivity index (χ4n) is 0.904. The summed E-state index contributed by atoms with van der Waals surface area (Å²) in [6, 6.07) is 0. The van der Waals surface area contributed by atoms with E-state index < -0.39 is 0 Å². The molecule has 0 bridgehead atoms. The molecule has 62 valence electrons. The van der Waals surface area contributed by atoms with Crippen molar-refractivity contribution in [3.8, 4) is 0 Å². The Balaban J connectivity index is 2.92. The van der Waals surface area contributed by atoms with Crippen LogP contribution in [0, 0.1) is 0 Å². The van der Waals surface area contributed by atoms with Gasteiger partial charge >= 0.3 is 0 Å². The molecule has 0 fully saturated rings. The van der Waals surface area contributed by atoms with E-state index in [-0.39, 0.29) is 0 Å². The zero-order valence-corrected chi connectivity index (χ0v) is 9.05. The van der Waals surface area contributed by atoms with E-state index in [0.717, 1.165) is 4.48 Å². The van der Waals surface area contributed by atoms with Crippen molar-refractivity contribution in [3.05, 3.63) is 21.5 Å². The van der Waals surface area contributed by atoms with Crippen molar-refractivity contribution in [1.29, 1.82) is 0 Å². The molecule has 1 aliphatic rings. The lowest BCUT2D eigenvalue weighted by molar-refractivity contribution is -0.804. The minimum Gasteiger partial charge on any atom is -0.261 e. The largest absolute Gasteiger partial charge is 0.261 e. The highest BCUT2D eigenvalue weighted by Crippen LogP contribution is 2.35. The van der Waals surface area contributed by atoms with Gasteiger partial charge in [-0.1, -0.05) is 23.5 Å². The van der Waals surface area contributed by atoms with Crippen LogP contribution in [0.5, 0.6) is 0 Å². The number of allylic oxidation sites excluding steroid dienone is 1. The van der Waals surface area contributed by atoms with Crippen LogP contribution in [0.2, 0.25) is 0 Å². The monoisotopic (exact) mass is 188 g/mol. The quantitative estimate of drug-likeness (QED) is 0.580. The van der Waals surface area contributed by atoms with E-state index in [4.69, 9.17) is 0 Å². The minimum absolute atomic E-state index is 0.911. The summed E-state index contributed by atoms with van der Waals surface area (Å²) in [6.07, 6.45) is 2.13.